The molecule has 0 aliphatic rings. The zero-order chi connectivity index (χ0) is 9.84. The molecule has 0 aliphatic carbocycles. The molecule has 1 N–H and O–H groups in total. The summed E-state index contributed by atoms with van der Waals surface area (Å²) in [7, 11) is 0. The lowest BCUT2D eigenvalue weighted by Crippen LogP contribution is -1.97. The number of aryl methyl sites for hydroxylation is 1. The van der Waals surface area contributed by atoms with Gasteiger partial charge in [0.1, 0.15) is 12.5 Å². The van der Waals surface area contributed by atoms with Gasteiger partial charge in [-0.3, -0.25) is 0 Å². The highest BCUT2D eigenvalue weighted by atomic mass is 19.1. The van der Waals surface area contributed by atoms with Gasteiger partial charge >= 0.3 is 0 Å². The summed E-state index contributed by atoms with van der Waals surface area (Å²) in [6.45, 7) is 0.865. The molecule has 0 amide bonds. The summed E-state index contributed by atoms with van der Waals surface area (Å²) in [5, 5.41) is 8.63. The lowest BCUT2D eigenvalue weighted by atomic mass is 10.0. The standard InChI is InChI=1S/C10H12F2O/c1-7-4-8(2-3-13)5-10(12)9(7)6-11/h4-5,13H,2-3,6H2,1H3. The van der Waals surface area contributed by atoms with E-state index in [4.69, 9.17) is 5.11 Å². The molecule has 1 aromatic carbocycles. The number of aliphatic hydroxyl groups excluding tert-OH is 1. The Labute approximate surface area is 76.0 Å². The Morgan fingerprint density at radius 3 is 2.54 bits per heavy atom. The third-order valence-corrected chi connectivity index (χ3v) is 2.01. The van der Waals surface area contributed by atoms with Gasteiger partial charge in [-0.25, -0.2) is 8.78 Å². The predicted octanol–water partition coefficient (Wildman–Crippen LogP) is 2.14. The first-order valence-electron chi connectivity index (χ1n) is 4.13. The number of hydrogen-bond donors (Lipinski definition) is 1. The molecule has 0 saturated heterocycles. The number of halogens is 2. The second-order valence-corrected chi connectivity index (χ2v) is 2.98. The maximum Gasteiger partial charge on any atom is 0.129 e. The second-order valence-electron chi connectivity index (χ2n) is 2.98. The van der Waals surface area contributed by atoms with E-state index in [0.717, 1.165) is 0 Å². The van der Waals surface area contributed by atoms with Crippen molar-refractivity contribution < 1.29 is 13.9 Å². The molecule has 1 aromatic rings. The minimum Gasteiger partial charge on any atom is -0.396 e. The van der Waals surface area contributed by atoms with E-state index in [0.29, 0.717) is 17.5 Å². The number of rotatable bonds is 3. The van der Waals surface area contributed by atoms with Crippen molar-refractivity contribution in [1.29, 1.82) is 0 Å². The molecule has 72 valence electrons. The Morgan fingerprint density at radius 2 is 2.08 bits per heavy atom. The van der Waals surface area contributed by atoms with Crippen LogP contribution in [0.1, 0.15) is 16.7 Å². The first-order chi connectivity index (χ1) is 6.19. The fraction of sp³-hybridized carbons (Fsp3) is 0.400. The van der Waals surface area contributed by atoms with Gasteiger partial charge in [0.2, 0.25) is 0 Å². The van der Waals surface area contributed by atoms with E-state index in [1.807, 2.05) is 0 Å². The summed E-state index contributed by atoms with van der Waals surface area (Å²) >= 11 is 0. The highest BCUT2D eigenvalue weighted by molar-refractivity contribution is 5.32. The molecule has 3 heteroatoms. The van der Waals surface area contributed by atoms with E-state index in [1.54, 1.807) is 13.0 Å². The van der Waals surface area contributed by atoms with Crippen molar-refractivity contribution in [1.82, 2.24) is 0 Å². The smallest absolute Gasteiger partial charge is 0.129 e. The van der Waals surface area contributed by atoms with Crippen LogP contribution in [0.25, 0.3) is 0 Å². The minimum atomic E-state index is -0.781. The molecule has 0 heterocycles. The average Bonchev–Trinajstić information content (AvgIpc) is 2.04. The Balaban J connectivity index is 3.05. The Morgan fingerprint density at radius 1 is 1.38 bits per heavy atom. The van der Waals surface area contributed by atoms with Crippen LogP contribution >= 0.6 is 0 Å². The zero-order valence-corrected chi connectivity index (χ0v) is 7.48. The van der Waals surface area contributed by atoms with Crippen LogP contribution in [0.15, 0.2) is 12.1 Å². The maximum atomic E-state index is 13.1. The fourth-order valence-corrected chi connectivity index (χ4v) is 1.29. The van der Waals surface area contributed by atoms with E-state index in [-0.39, 0.29) is 12.2 Å². The van der Waals surface area contributed by atoms with Gasteiger partial charge < -0.3 is 5.11 Å². The first-order valence-corrected chi connectivity index (χ1v) is 4.13. The van der Waals surface area contributed by atoms with E-state index < -0.39 is 12.5 Å². The SMILES string of the molecule is Cc1cc(CCO)cc(F)c1CF. The summed E-state index contributed by atoms with van der Waals surface area (Å²) < 4.78 is 25.4. The zero-order valence-electron chi connectivity index (χ0n) is 7.48. The number of aliphatic hydroxyl groups is 1. The molecule has 0 aliphatic heterocycles. The van der Waals surface area contributed by atoms with Gasteiger partial charge in [-0.15, -0.1) is 0 Å². The molecule has 0 atom stereocenters. The number of alkyl halides is 1. The van der Waals surface area contributed by atoms with Crippen LogP contribution < -0.4 is 0 Å². The maximum absolute atomic E-state index is 13.1. The molecule has 0 saturated carbocycles. The molecule has 0 bridgehead atoms. The third-order valence-electron chi connectivity index (χ3n) is 2.01. The van der Waals surface area contributed by atoms with Gasteiger partial charge in [-0.1, -0.05) is 6.07 Å². The summed E-state index contributed by atoms with van der Waals surface area (Å²) in [5.74, 6) is -0.522. The Bertz CT molecular complexity index is 274. The van der Waals surface area contributed by atoms with Crippen molar-refractivity contribution in [2.24, 2.45) is 0 Å². The summed E-state index contributed by atoms with van der Waals surface area (Å²) in [6.07, 6.45) is 0.407. The number of benzene rings is 1. The lowest BCUT2D eigenvalue weighted by molar-refractivity contribution is 0.299. The molecular weight excluding hydrogens is 174 g/mol. The van der Waals surface area contributed by atoms with Gasteiger partial charge in [0.05, 0.1) is 0 Å². The average molecular weight is 186 g/mol. The van der Waals surface area contributed by atoms with Crippen LogP contribution in [-0.4, -0.2) is 11.7 Å². The lowest BCUT2D eigenvalue weighted by Gasteiger charge is -2.06. The van der Waals surface area contributed by atoms with Crippen molar-refractivity contribution in [3.05, 3.63) is 34.6 Å². The second kappa shape index (κ2) is 4.33. The van der Waals surface area contributed by atoms with Gasteiger partial charge in [-0.05, 0) is 30.5 Å². The molecule has 1 rings (SSSR count). The third kappa shape index (κ3) is 2.25. The molecule has 0 aromatic heterocycles. The molecule has 0 fully saturated rings. The Kier molecular flexibility index (Phi) is 3.37. The first kappa shape index (κ1) is 10.1. The predicted molar refractivity (Wildman–Crippen MR) is 46.7 cm³/mol. The van der Waals surface area contributed by atoms with Crippen molar-refractivity contribution in [3.63, 3.8) is 0 Å². The van der Waals surface area contributed by atoms with E-state index >= 15 is 0 Å². The van der Waals surface area contributed by atoms with Crippen molar-refractivity contribution in [2.75, 3.05) is 6.61 Å². The van der Waals surface area contributed by atoms with Gasteiger partial charge in [0, 0.05) is 12.2 Å². The van der Waals surface area contributed by atoms with Gasteiger partial charge in [0.15, 0.2) is 0 Å². The molecule has 0 unspecified atom stereocenters. The summed E-state index contributed by atoms with van der Waals surface area (Å²) in [6, 6.07) is 2.98. The topological polar surface area (TPSA) is 20.2 Å². The van der Waals surface area contributed by atoms with Crippen molar-refractivity contribution in [2.45, 2.75) is 20.0 Å². The van der Waals surface area contributed by atoms with Crippen molar-refractivity contribution >= 4 is 0 Å². The van der Waals surface area contributed by atoms with Crippen LogP contribution in [-0.2, 0) is 13.1 Å². The van der Waals surface area contributed by atoms with Gasteiger partial charge in [0.25, 0.3) is 0 Å². The highest BCUT2D eigenvalue weighted by Gasteiger charge is 2.07. The van der Waals surface area contributed by atoms with Crippen LogP contribution in [0.4, 0.5) is 8.78 Å². The molecule has 13 heavy (non-hydrogen) atoms. The minimum absolute atomic E-state index is 0.0200. The normalized spacial score (nSPS) is 10.5. The van der Waals surface area contributed by atoms with E-state index in [2.05, 4.69) is 0 Å². The van der Waals surface area contributed by atoms with E-state index in [1.165, 1.54) is 6.07 Å². The van der Waals surface area contributed by atoms with Crippen LogP contribution in [0.3, 0.4) is 0 Å². The van der Waals surface area contributed by atoms with Crippen LogP contribution in [0, 0.1) is 12.7 Å². The van der Waals surface area contributed by atoms with E-state index in [9.17, 15) is 8.78 Å². The summed E-state index contributed by atoms with van der Waals surface area (Å²) in [5.41, 5.74) is 1.42. The molecule has 1 nitrogen and oxygen atoms in total. The molecule has 0 radical (unpaired) electrons. The number of hydrogen-bond acceptors (Lipinski definition) is 1. The molecule has 0 spiro atoms. The highest BCUT2D eigenvalue weighted by Crippen LogP contribution is 2.17. The quantitative estimate of drug-likeness (QED) is 0.766. The largest absolute Gasteiger partial charge is 0.396 e. The van der Waals surface area contributed by atoms with Crippen LogP contribution in [0.5, 0.6) is 0 Å². The van der Waals surface area contributed by atoms with Crippen molar-refractivity contribution in [3.8, 4) is 0 Å². The summed E-state index contributed by atoms with van der Waals surface area (Å²) in [4.78, 5) is 0. The van der Waals surface area contributed by atoms with Gasteiger partial charge in [-0.2, -0.15) is 0 Å². The Hall–Kier alpha value is -0.960. The fourth-order valence-electron chi connectivity index (χ4n) is 1.29. The molecular formula is C10H12F2O. The van der Waals surface area contributed by atoms with Crippen LogP contribution in [0.2, 0.25) is 0 Å². The monoisotopic (exact) mass is 186 g/mol.